The third kappa shape index (κ3) is 3.65. The second-order valence-electron chi connectivity index (χ2n) is 3.99. The van der Waals surface area contributed by atoms with E-state index in [1.54, 1.807) is 0 Å². The molecule has 0 spiro atoms. The van der Waals surface area contributed by atoms with E-state index in [9.17, 15) is 0 Å². The lowest BCUT2D eigenvalue weighted by atomic mass is 10.2. The standard InChI is InChI=1S/C11H24N2/c1-3-5-8-13-9-6-7-11(13)10-12-4-2/h11-12H,3-10H2,1-2H3/t11-/m1/s1. The first kappa shape index (κ1) is 11.0. The molecular formula is C11H24N2. The molecule has 1 fully saturated rings. The first-order chi connectivity index (χ1) is 6.38. The van der Waals surface area contributed by atoms with Crippen LogP contribution in [0.15, 0.2) is 0 Å². The van der Waals surface area contributed by atoms with Gasteiger partial charge in [-0.3, -0.25) is 4.90 Å². The van der Waals surface area contributed by atoms with Crippen LogP contribution in [-0.4, -0.2) is 37.1 Å². The summed E-state index contributed by atoms with van der Waals surface area (Å²) >= 11 is 0. The molecule has 0 bridgehead atoms. The molecule has 1 atom stereocenters. The molecule has 2 heteroatoms. The molecule has 0 unspecified atom stereocenters. The van der Waals surface area contributed by atoms with E-state index in [0.717, 1.165) is 12.6 Å². The van der Waals surface area contributed by atoms with Crippen molar-refractivity contribution in [2.75, 3.05) is 26.2 Å². The Bertz CT molecular complexity index is 111. The highest BCUT2D eigenvalue weighted by molar-refractivity contribution is 4.80. The van der Waals surface area contributed by atoms with Gasteiger partial charge in [0.05, 0.1) is 0 Å². The van der Waals surface area contributed by atoms with Crippen molar-refractivity contribution in [3.05, 3.63) is 0 Å². The predicted octanol–water partition coefficient (Wildman–Crippen LogP) is 1.86. The summed E-state index contributed by atoms with van der Waals surface area (Å²) in [4.78, 5) is 2.66. The van der Waals surface area contributed by atoms with Crippen LogP contribution < -0.4 is 5.32 Å². The predicted molar refractivity (Wildman–Crippen MR) is 58.0 cm³/mol. The summed E-state index contributed by atoms with van der Waals surface area (Å²) in [5, 5.41) is 3.45. The zero-order valence-corrected chi connectivity index (χ0v) is 9.18. The summed E-state index contributed by atoms with van der Waals surface area (Å²) in [5.74, 6) is 0. The first-order valence-corrected chi connectivity index (χ1v) is 5.83. The molecule has 0 aromatic rings. The van der Waals surface area contributed by atoms with Gasteiger partial charge in [0, 0.05) is 12.6 Å². The van der Waals surface area contributed by atoms with Gasteiger partial charge < -0.3 is 5.32 Å². The topological polar surface area (TPSA) is 15.3 Å². The molecule has 0 saturated carbocycles. The fourth-order valence-corrected chi connectivity index (χ4v) is 2.09. The lowest BCUT2D eigenvalue weighted by Crippen LogP contribution is -2.38. The average Bonchev–Trinajstić information content (AvgIpc) is 2.59. The Morgan fingerprint density at radius 2 is 2.23 bits per heavy atom. The van der Waals surface area contributed by atoms with E-state index in [1.165, 1.54) is 45.3 Å². The van der Waals surface area contributed by atoms with Crippen molar-refractivity contribution in [2.45, 2.75) is 45.6 Å². The van der Waals surface area contributed by atoms with Crippen molar-refractivity contribution in [3.8, 4) is 0 Å². The van der Waals surface area contributed by atoms with Crippen molar-refractivity contribution in [1.29, 1.82) is 0 Å². The molecule has 13 heavy (non-hydrogen) atoms. The van der Waals surface area contributed by atoms with Crippen molar-refractivity contribution in [2.24, 2.45) is 0 Å². The molecule has 1 rings (SSSR count). The van der Waals surface area contributed by atoms with Crippen LogP contribution in [0.2, 0.25) is 0 Å². The Hall–Kier alpha value is -0.0800. The van der Waals surface area contributed by atoms with Crippen LogP contribution >= 0.6 is 0 Å². The molecule has 1 heterocycles. The van der Waals surface area contributed by atoms with Crippen LogP contribution in [-0.2, 0) is 0 Å². The molecule has 1 aliphatic heterocycles. The van der Waals surface area contributed by atoms with Gasteiger partial charge in [-0.05, 0) is 38.9 Å². The fraction of sp³-hybridized carbons (Fsp3) is 1.00. The number of rotatable bonds is 6. The van der Waals surface area contributed by atoms with E-state index in [1.807, 2.05) is 0 Å². The van der Waals surface area contributed by atoms with Gasteiger partial charge in [0.15, 0.2) is 0 Å². The summed E-state index contributed by atoms with van der Waals surface area (Å²) in [6.07, 6.45) is 5.49. The van der Waals surface area contributed by atoms with Gasteiger partial charge >= 0.3 is 0 Å². The van der Waals surface area contributed by atoms with Crippen LogP contribution in [0.4, 0.5) is 0 Å². The van der Waals surface area contributed by atoms with E-state index < -0.39 is 0 Å². The van der Waals surface area contributed by atoms with E-state index >= 15 is 0 Å². The molecule has 78 valence electrons. The summed E-state index contributed by atoms with van der Waals surface area (Å²) in [6.45, 7) is 9.40. The molecule has 1 saturated heterocycles. The van der Waals surface area contributed by atoms with Crippen molar-refractivity contribution in [1.82, 2.24) is 10.2 Å². The highest BCUT2D eigenvalue weighted by atomic mass is 15.2. The van der Waals surface area contributed by atoms with Gasteiger partial charge in [-0.25, -0.2) is 0 Å². The minimum absolute atomic E-state index is 0.825. The van der Waals surface area contributed by atoms with E-state index in [4.69, 9.17) is 0 Å². The van der Waals surface area contributed by atoms with E-state index in [0.29, 0.717) is 0 Å². The number of likely N-dealkylation sites (tertiary alicyclic amines) is 1. The third-order valence-corrected chi connectivity index (χ3v) is 2.93. The highest BCUT2D eigenvalue weighted by Gasteiger charge is 2.22. The maximum Gasteiger partial charge on any atom is 0.0221 e. The largest absolute Gasteiger partial charge is 0.315 e. The second-order valence-corrected chi connectivity index (χ2v) is 3.99. The molecule has 2 nitrogen and oxygen atoms in total. The van der Waals surface area contributed by atoms with Crippen LogP contribution in [0, 0.1) is 0 Å². The lowest BCUT2D eigenvalue weighted by Gasteiger charge is -2.24. The van der Waals surface area contributed by atoms with Crippen LogP contribution in [0.1, 0.15) is 39.5 Å². The number of nitrogens with one attached hydrogen (secondary N) is 1. The lowest BCUT2D eigenvalue weighted by molar-refractivity contribution is 0.245. The van der Waals surface area contributed by atoms with Gasteiger partial charge in [0.1, 0.15) is 0 Å². The quantitative estimate of drug-likeness (QED) is 0.678. The number of hydrogen-bond donors (Lipinski definition) is 1. The van der Waals surface area contributed by atoms with Crippen LogP contribution in [0.5, 0.6) is 0 Å². The number of nitrogens with zero attached hydrogens (tertiary/aromatic N) is 1. The molecule has 0 aromatic heterocycles. The highest BCUT2D eigenvalue weighted by Crippen LogP contribution is 2.16. The molecule has 0 amide bonds. The van der Waals surface area contributed by atoms with Crippen LogP contribution in [0.25, 0.3) is 0 Å². The van der Waals surface area contributed by atoms with Gasteiger partial charge in [0.2, 0.25) is 0 Å². The number of hydrogen-bond acceptors (Lipinski definition) is 2. The molecule has 0 aromatic carbocycles. The molecule has 0 radical (unpaired) electrons. The Balaban J connectivity index is 2.18. The maximum absolute atomic E-state index is 3.45. The minimum Gasteiger partial charge on any atom is -0.315 e. The van der Waals surface area contributed by atoms with Crippen molar-refractivity contribution >= 4 is 0 Å². The monoisotopic (exact) mass is 184 g/mol. The zero-order valence-electron chi connectivity index (χ0n) is 9.18. The van der Waals surface area contributed by atoms with Gasteiger partial charge in [0.25, 0.3) is 0 Å². The Morgan fingerprint density at radius 1 is 1.38 bits per heavy atom. The Labute approximate surface area is 82.7 Å². The van der Waals surface area contributed by atoms with Gasteiger partial charge in [-0.15, -0.1) is 0 Å². The summed E-state index contributed by atoms with van der Waals surface area (Å²) < 4.78 is 0. The second kappa shape index (κ2) is 6.39. The maximum atomic E-state index is 3.45. The number of likely N-dealkylation sites (N-methyl/N-ethyl adjacent to an activating group) is 1. The fourth-order valence-electron chi connectivity index (χ4n) is 2.09. The van der Waals surface area contributed by atoms with E-state index in [2.05, 4.69) is 24.1 Å². The molecule has 1 aliphatic rings. The smallest absolute Gasteiger partial charge is 0.0221 e. The number of unbranched alkanes of at least 4 members (excludes halogenated alkanes) is 1. The van der Waals surface area contributed by atoms with Crippen LogP contribution in [0.3, 0.4) is 0 Å². The summed E-state index contributed by atoms with van der Waals surface area (Å²) in [7, 11) is 0. The normalized spacial score (nSPS) is 24.0. The SMILES string of the molecule is CCCCN1CCC[C@@H]1CNCC. The van der Waals surface area contributed by atoms with Crippen molar-refractivity contribution < 1.29 is 0 Å². The molecule has 1 N–H and O–H groups in total. The van der Waals surface area contributed by atoms with Gasteiger partial charge in [-0.1, -0.05) is 20.3 Å². The molecule has 0 aliphatic carbocycles. The summed E-state index contributed by atoms with van der Waals surface area (Å²) in [5.41, 5.74) is 0. The van der Waals surface area contributed by atoms with Crippen molar-refractivity contribution in [3.63, 3.8) is 0 Å². The Kier molecular flexibility index (Phi) is 5.40. The van der Waals surface area contributed by atoms with Gasteiger partial charge in [-0.2, -0.15) is 0 Å². The minimum atomic E-state index is 0.825. The van der Waals surface area contributed by atoms with E-state index in [-0.39, 0.29) is 0 Å². The average molecular weight is 184 g/mol. The first-order valence-electron chi connectivity index (χ1n) is 5.83. The summed E-state index contributed by atoms with van der Waals surface area (Å²) in [6, 6.07) is 0.825. The Morgan fingerprint density at radius 3 is 2.92 bits per heavy atom. The third-order valence-electron chi connectivity index (χ3n) is 2.93. The molecular weight excluding hydrogens is 160 g/mol. The zero-order chi connectivity index (χ0) is 9.52.